The van der Waals surface area contributed by atoms with E-state index in [1.165, 1.54) is 0 Å². The molecule has 0 atom stereocenters. The molecular formula is C8H9NO2. The fourth-order valence-electron chi connectivity index (χ4n) is 0.755. The molecule has 1 aromatic rings. The van der Waals surface area contributed by atoms with E-state index in [9.17, 15) is 4.79 Å². The van der Waals surface area contributed by atoms with Gasteiger partial charge < -0.3 is 4.84 Å². The predicted octanol–water partition coefficient (Wildman–Crippen LogP) is 0.864. The molecule has 0 aromatic heterocycles. The lowest BCUT2D eigenvalue weighted by molar-refractivity contribution is -0.135. The number of hydroxylamine groups is 1. The maximum atomic E-state index is 9.71. The Morgan fingerprint density at radius 2 is 2.09 bits per heavy atom. The minimum absolute atomic E-state index is 0.364. The van der Waals surface area contributed by atoms with Crippen molar-refractivity contribution in [3.05, 3.63) is 35.9 Å². The van der Waals surface area contributed by atoms with Crippen LogP contribution in [-0.2, 0) is 16.2 Å². The highest BCUT2D eigenvalue weighted by Crippen LogP contribution is 1.96. The number of rotatable bonds is 4. The first-order chi connectivity index (χ1) is 5.43. The maximum absolute atomic E-state index is 9.71. The van der Waals surface area contributed by atoms with Crippen molar-refractivity contribution in [2.24, 2.45) is 0 Å². The molecular weight excluding hydrogens is 142 g/mol. The second-order valence-corrected chi connectivity index (χ2v) is 2.02. The molecule has 1 N–H and O–H groups in total. The Labute approximate surface area is 64.9 Å². The summed E-state index contributed by atoms with van der Waals surface area (Å²) in [6.45, 7) is 0.905. The summed E-state index contributed by atoms with van der Waals surface area (Å²) in [4.78, 5) is 14.0. The Bertz CT molecular complexity index is 211. The van der Waals surface area contributed by atoms with Gasteiger partial charge in [0.05, 0.1) is 6.54 Å². The van der Waals surface area contributed by atoms with Gasteiger partial charge in [0, 0.05) is 0 Å². The zero-order valence-corrected chi connectivity index (χ0v) is 5.99. The number of hydrogen-bond donors (Lipinski definition) is 1. The summed E-state index contributed by atoms with van der Waals surface area (Å²) in [7, 11) is 0. The van der Waals surface area contributed by atoms with Gasteiger partial charge in [0.1, 0.15) is 0 Å². The lowest BCUT2D eigenvalue weighted by Crippen LogP contribution is -2.12. The third-order valence-electron chi connectivity index (χ3n) is 1.25. The van der Waals surface area contributed by atoms with Gasteiger partial charge >= 0.3 is 6.47 Å². The van der Waals surface area contributed by atoms with Gasteiger partial charge in [-0.05, 0) is 5.56 Å². The Balaban J connectivity index is 2.33. The average molecular weight is 151 g/mol. The summed E-state index contributed by atoms with van der Waals surface area (Å²) in [5.41, 5.74) is 3.56. The minimum atomic E-state index is 0.364. The van der Waals surface area contributed by atoms with Crippen LogP contribution >= 0.6 is 0 Å². The summed E-state index contributed by atoms with van der Waals surface area (Å²) >= 11 is 0. The van der Waals surface area contributed by atoms with Gasteiger partial charge in [-0.25, -0.2) is 0 Å². The van der Waals surface area contributed by atoms with Crippen molar-refractivity contribution in [3.8, 4) is 0 Å². The molecule has 3 nitrogen and oxygen atoms in total. The van der Waals surface area contributed by atoms with Crippen molar-refractivity contribution in [1.29, 1.82) is 0 Å². The summed E-state index contributed by atoms with van der Waals surface area (Å²) in [6, 6.07) is 9.68. The van der Waals surface area contributed by atoms with E-state index < -0.39 is 0 Å². The minimum Gasteiger partial charge on any atom is -0.373 e. The van der Waals surface area contributed by atoms with Crippen molar-refractivity contribution in [2.45, 2.75) is 6.54 Å². The third-order valence-corrected chi connectivity index (χ3v) is 1.25. The second kappa shape index (κ2) is 4.46. The van der Waals surface area contributed by atoms with E-state index in [-0.39, 0.29) is 0 Å². The molecule has 0 radical (unpaired) electrons. The molecule has 0 unspecified atom stereocenters. The largest absolute Gasteiger partial charge is 0.373 e. The lowest BCUT2D eigenvalue weighted by Gasteiger charge is -1.99. The van der Waals surface area contributed by atoms with E-state index >= 15 is 0 Å². The van der Waals surface area contributed by atoms with Crippen LogP contribution in [-0.4, -0.2) is 6.47 Å². The normalized spacial score (nSPS) is 9.09. The SMILES string of the molecule is O=CONCc1ccccc1. The van der Waals surface area contributed by atoms with Crippen molar-refractivity contribution >= 4 is 6.47 Å². The van der Waals surface area contributed by atoms with E-state index in [0.717, 1.165) is 5.56 Å². The quantitative estimate of drug-likeness (QED) is 0.394. The van der Waals surface area contributed by atoms with Gasteiger partial charge in [0.15, 0.2) is 0 Å². The van der Waals surface area contributed by atoms with Crippen LogP contribution in [0.3, 0.4) is 0 Å². The third kappa shape index (κ3) is 2.82. The fourth-order valence-corrected chi connectivity index (χ4v) is 0.755. The summed E-state index contributed by atoms with van der Waals surface area (Å²) < 4.78 is 0. The topological polar surface area (TPSA) is 38.3 Å². The van der Waals surface area contributed by atoms with Crippen LogP contribution in [0.15, 0.2) is 30.3 Å². The highest BCUT2D eigenvalue weighted by molar-refractivity contribution is 5.36. The molecule has 1 aromatic carbocycles. The van der Waals surface area contributed by atoms with Crippen LogP contribution in [0.5, 0.6) is 0 Å². The van der Waals surface area contributed by atoms with Crippen LogP contribution in [0.2, 0.25) is 0 Å². The van der Waals surface area contributed by atoms with E-state index in [1.807, 2.05) is 30.3 Å². The predicted molar refractivity (Wildman–Crippen MR) is 40.4 cm³/mol. The van der Waals surface area contributed by atoms with Crippen LogP contribution in [0.4, 0.5) is 0 Å². The molecule has 3 heteroatoms. The van der Waals surface area contributed by atoms with Gasteiger partial charge in [0.25, 0.3) is 0 Å². The first kappa shape index (κ1) is 7.75. The standard InChI is InChI=1S/C8H9NO2/c10-7-11-9-6-8-4-2-1-3-5-8/h1-5,7,9H,6H2. The van der Waals surface area contributed by atoms with Crippen molar-refractivity contribution in [1.82, 2.24) is 5.48 Å². The zero-order chi connectivity index (χ0) is 7.94. The van der Waals surface area contributed by atoms with E-state index in [1.54, 1.807) is 0 Å². The van der Waals surface area contributed by atoms with Crippen molar-refractivity contribution < 1.29 is 9.63 Å². The Kier molecular flexibility index (Phi) is 3.15. The van der Waals surface area contributed by atoms with Crippen LogP contribution < -0.4 is 5.48 Å². The van der Waals surface area contributed by atoms with E-state index in [4.69, 9.17) is 0 Å². The molecule has 0 fully saturated rings. The number of benzene rings is 1. The zero-order valence-electron chi connectivity index (χ0n) is 5.99. The molecule has 0 aliphatic rings. The molecule has 0 bridgehead atoms. The van der Waals surface area contributed by atoms with Gasteiger partial charge in [-0.1, -0.05) is 30.3 Å². The Hall–Kier alpha value is -1.35. The summed E-state index contributed by atoms with van der Waals surface area (Å²) in [6.07, 6.45) is 0. The highest BCUT2D eigenvalue weighted by atomic mass is 16.7. The van der Waals surface area contributed by atoms with Gasteiger partial charge in [-0.2, -0.15) is 0 Å². The number of carbonyl (C=O) groups is 1. The number of hydrogen-bond acceptors (Lipinski definition) is 3. The van der Waals surface area contributed by atoms with Crippen LogP contribution in [0.1, 0.15) is 5.56 Å². The summed E-state index contributed by atoms with van der Waals surface area (Å²) in [5, 5.41) is 0. The van der Waals surface area contributed by atoms with Crippen LogP contribution in [0.25, 0.3) is 0 Å². The molecule has 58 valence electrons. The lowest BCUT2D eigenvalue weighted by atomic mass is 10.2. The molecule has 1 rings (SSSR count). The second-order valence-electron chi connectivity index (χ2n) is 2.02. The Morgan fingerprint density at radius 3 is 2.73 bits per heavy atom. The molecule has 11 heavy (non-hydrogen) atoms. The average Bonchev–Trinajstić information content (AvgIpc) is 2.07. The molecule has 0 spiro atoms. The monoisotopic (exact) mass is 151 g/mol. The van der Waals surface area contributed by atoms with Crippen LogP contribution in [0, 0.1) is 0 Å². The number of nitrogens with one attached hydrogen (secondary N) is 1. The molecule has 0 aliphatic heterocycles. The van der Waals surface area contributed by atoms with E-state index in [2.05, 4.69) is 10.3 Å². The first-order valence-electron chi connectivity index (χ1n) is 3.29. The van der Waals surface area contributed by atoms with Gasteiger partial charge in [0.2, 0.25) is 0 Å². The number of carbonyl (C=O) groups excluding carboxylic acids is 1. The van der Waals surface area contributed by atoms with Crippen molar-refractivity contribution in [3.63, 3.8) is 0 Å². The van der Waals surface area contributed by atoms with E-state index in [0.29, 0.717) is 13.0 Å². The van der Waals surface area contributed by atoms with Crippen molar-refractivity contribution in [2.75, 3.05) is 0 Å². The first-order valence-corrected chi connectivity index (χ1v) is 3.29. The molecule has 0 heterocycles. The fraction of sp³-hybridized carbons (Fsp3) is 0.125. The smallest absolute Gasteiger partial charge is 0.312 e. The maximum Gasteiger partial charge on any atom is 0.312 e. The molecule has 0 amide bonds. The highest BCUT2D eigenvalue weighted by Gasteiger charge is 1.87. The Morgan fingerprint density at radius 1 is 1.36 bits per heavy atom. The van der Waals surface area contributed by atoms with Gasteiger partial charge in [-0.3, -0.25) is 4.79 Å². The molecule has 0 saturated carbocycles. The molecule has 0 aliphatic carbocycles. The molecule has 0 saturated heterocycles. The van der Waals surface area contributed by atoms with Gasteiger partial charge in [-0.15, -0.1) is 5.48 Å². The summed E-state index contributed by atoms with van der Waals surface area (Å²) in [5.74, 6) is 0.